The Labute approximate surface area is 186 Å². The van der Waals surface area contributed by atoms with Crippen LogP contribution in [0.1, 0.15) is 11.1 Å². The minimum absolute atomic E-state index is 0. The molecule has 2 aromatic rings. The van der Waals surface area contributed by atoms with Crippen molar-refractivity contribution in [3.8, 4) is 11.5 Å². The van der Waals surface area contributed by atoms with Gasteiger partial charge in [-0.15, -0.1) is 0 Å². The zero-order chi connectivity index (χ0) is 12.1. The van der Waals surface area contributed by atoms with Crippen LogP contribution in [0.2, 0.25) is 0 Å². The van der Waals surface area contributed by atoms with Gasteiger partial charge in [0.15, 0.2) is 0 Å². The third-order valence-corrected chi connectivity index (χ3v) is 4.67. The van der Waals surface area contributed by atoms with Crippen molar-refractivity contribution in [1.29, 1.82) is 0 Å². The summed E-state index contributed by atoms with van der Waals surface area (Å²) in [7, 11) is 0. The van der Waals surface area contributed by atoms with Gasteiger partial charge in [-0.25, -0.2) is 0 Å². The molecular weight excluding hydrogens is 561 g/mol. The molecule has 0 aliphatic carbocycles. The van der Waals surface area contributed by atoms with Gasteiger partial charge in [0.2, 0.25) is 0 Å². The van der Waals surface area contributed by atoms with Crippen LogP contribution < -0.4 is 0 Å². The van der Waals surface area contributed by atoms with Gasteiger partial charge in [0.25, 0.3) is 0 Å². The fourth-order valence-corrected chi connectivity index (χ4v) is 3.48. The van der Waals surface area contributed by atoms with Crippen LogP contribution in [0.25, 0.3) is 0 Å². The van der Waals surface area contributed by atoms with E-state index in [1.165, 1.54) is 11.1 Å². The molecule has 2 aromatic carbocycles. The summed E-state index contributed by atoms with van der Waals surface area (Å²) in [4.78, 5) is 0. The zero-order valence-corrected chi connectivity index (χ0v) is 19.6. The molecule has 0 unspecified atom stereocenters. The van der Waals surface area contributed by atoms with Crippen LogP contribution in [-0.2, 0) is 10.6 Å². The van der Waals surface area contributed by atoms with Crippen molar-refractivity contribution in [2.75, 3.05) is 0 Å². The van der Waals surface area contributed by atoms with E-state index in [9.17, 15) is 0 Å². The van der Waals surface area contributed by atoms with Crippen molar-refractivity contribution in [2.45, 2.75) is 10.6 Å². The van der Waals surface area contributed by atoms with E-state index in [-0.39, 0.29) is 82.6 Å². The van der Waals surface area contributed by atoms with Gasteiger partial charge >= 0.3 is 107 Å². The van der Waals surface area contributed by atoms with E-state index in [1.807, 2.05) is 24.3 Å². The predicted octanol–water partition coefficient (Wildman–Crippen LogP) is 2.50. The molecule has 0 aliphatic rings. The van der Waals surface area contributed by atoms with Crippen LogP contribution in [0.5, 0.6) is 11.5 Å². The maximum absolute atomic E-state index is 9.17. The molecule has 2 N–H and O–H groups in total. The summed E-state index contributed by atoms with van der Waals surface area (Å²) in [5.41, 5.74) is 2.53. The second-order valence-electron chi connectivity index (χ2n) is 3.83. The van der Waals surface area contributed by atoms with Gasteiger partial charge in [0.1, 0.15) is 0 Å². The molecule has 0 spiro atoms. The van der Waals surface area contributed by atoms with E-state index in [0.29, 0.717) is 26.5 Å². The topological polar surface area (TPSA) is 40.5 Å². The molecule has 0 amide bonds. The molecule has 2 radical (unpaired) electrons. The molecule has 0 heterocycles. The summed E-state index contributed by atoms with van der Waals surface area (Å²) in [6.07, 6.45) is 0. The van der Waals surface area contributed by atoms with Crippen LogP contribution in [0.3, 0.4) is 0 Å². The molecule has 0 aromatic heterocycles. The van der Waals surface area contributed by atoms with Crippen LogP contribution in [0, 0.1) is 82.6 Å². The first-order valence-corrected chi connectivity index (χ1v) is 7.80. The minimum atomic E-state index is 0. The maximum Gasteiger partial charge on any atom is 0 e. The van der Waals surface area contributed by atoms with Crippen LogP contribution in [0.15, 0.2) is 48.5 Å². The first-order valence-electron chi connectivity index (χ1n) is 5.37. The number of rotatable bonds is 4. The molecule has 94 valence electrons. The fraction of sp³-hybridized carbons (Fsp3) is 0.143. The zero-order valence-electron chi connectivity index (χ0n) is 10.5. The number of hydrogen-bond acceptors (Lipinski definition) is 2. The largest absolute Gasteiger partial charge is 0 e. The third kappa shape index (κ3) is 7.74. The Morgan fingerprint density at radius 3 is 1.26 bits per heavy atom. The molecule has 2 nitrogen and oxygen atoms in total. The molecule has 0 atom stereocenters. The second-order valence-corrected chi connectivity index (χ2v) is 5.89. The molecule has 0 fully saturated rings. The van der Waals surface area contributed by atoms with Crippen molar-refractivity contribution >= 4 is 15.0 Å². The molecule has 0 aliphatic heterocycles. The van der Waals surface area contributed by atoms with Gasteiger partial charge in [0.05, 0.1) is 0 Å². The third-order valence-electron chi connectivity index (χ3n) is 2.41. The Morgan fingerprint density at radius 1 is 0.632 bits per heavy atom. The predicted molar refractivity (Wildman–Crippen MR) is 69.4 cm³/mol. The van der Waals surface area contributed by atoms with Gasteiger partial charge in [-0.3, -0.25) is 0 Å². The Bertz CT molecular complexity index is 426. The average molecular weight is 575 g/mol. The van der Waals surface area contributed by atoms with E-state index in [0.717, 1.165) is 10.6 Å². The van der Waals surface area contributed by atoms with Gasteiger partial charge in [-0.05, 0) is 0 Å². The molecular formula is C14H14O2Pr2Se. The van der Waals surface area contributed by atoms with E-state index in [1.54, 1.807) is 24.3 Å². The van der Waals surface area contributed by atoms with Crippen LogP contribution in [0.4, 0.5) is 0 Å². The van der Waals surface area contributed by atoms with E-state index in [4.69, 9.17) is 10.2 Å². The SMILES string of the molecule is Oc1ccc(C[Se]Cc2ccc(O)cc2)cc1.[Pr].[Pr]. The summed E-state index contributed by atoms with van der Waals surface area (Å²) in [6, 6.07) is 14.8. The smallest absolute Gasteiger partial charge is 0 e. The van der Waals surface area contributed by atoms with Gasteiger partial charge < -0.3 is 0 Å². The molecule has 5 heteroatoms. The first kappa shape index (κ1) is 20.3. The molecule has 2 rings (SSSR count). The van der Waals surface area contributed by atoms with E-state index >= 15 is 0 Å². The number of phenolic OH excluding ortho intramolecular Hbond substituents is 2. The minimum Gasteiger partial charge on any atom is 0 e. The summed E-state index contributed by atoms with van der Waals surface area (Å²) in [5.74, 6) is 0.638. The Kier molecular flexibility index (Phi) is 11.7. The van der Waals surface area contributed by atoms with E-state index < -0.39 is 0 Å². The van der Waals surface area contributed by atoms with Crippen molar-refractivity contribution in [1.82, 2.24) is 0 Å². The van der Waals surface area contributed by atoms with Crippen LogP contribution >= 0.6 is 0 Å². The van der Waals surface area contributed by atoms with Crippen molar-refractivity contribution in [3.05, 3.63) is 59.7 Å². The van der Waals surface area contributed by atoms with Gasteiger partial charge in [-0.1, -0.05) is 0 Å². The van der Waals surface area contributed by atoms with E-state index in [2.05, 4.69) is 0 Å². The standard InChI is InChI=1S/C14H14O2Se.2Pr/c15-13-5-1-11(2-6-13)9-17-10-12-3-7-14(16)8-4-12;;/h1-8,15-16H,9-10H2;;. The fourth-order valence-electron chi connectivity index (χ4n) is 1.47. The number of phenols is 2. The Morgan fingerprint density at radius 2 is 0.947 bits per heavy atom. The van der Waals surface area contributed by atoms with Gasteiger partial charge in [0, 0.05) is 82.6 Å². The number of benzene rings is 2. The molecule has 0 bridgehead atoms. The maximum atomic E-state index is 9.17. The normalized spacial score (nSPS) is 9.26. The van der Waals surface area contributed by atoms with Crippen LogP contribution in [-0.4, -0.2) is 25.2 Å². The Balaban J connectivity index is 0.00000162. The summed E-state index contributed by atoms with van der Waals surface area (Å²) in [6.45, 7) is 0. The molecule has 0 saturated carbocycles. The Hall–Kier alpha value is 1.29. The second kappa shape index (κ2) is 10.9. The quantitative estimate of drug-likeness (QED) is 0.551. The summed E-state index contributed by atoms with van der Waals surface area (Å²) in [5, 5.41) is 20.5. The number of hydrogen-bond donors (Lipinski definition) is 2. The van der Waals surface area contributed by atoms with Crippen molar-refractivity contribution < 1.29 is 92.8 Å². The number of aromatic hydroxyl groups is 2. The molecule has 19 heavy (non-hydrogen) atoms. The summed E-state index contributed by atoms with van der Waals surface area (Å²) >= 11 is 0.508. The monoisotopic (exact) mass is 576 g/mol. The average Bonchev–Trinajstić information content (AvgIpc) is 2.34. The van der Waals surface area contributed by atoms with Crippen molar-refractivity contribution in [2.24, 2.45) is 0 Å². The summed E-state index contributed by atoms with van der Waals surface area (Å²) < 4.78 is 0. The first-order chi connectivity index (χ1) is 8.24. The van der Waals surface area contributed by atoms with Crippen molar-refractivity contribution in [3.63, 3.8) is 0 Å². The molecule has 0 saturated heterocycles. The van der Waals surface area contributed by atoms with Gasteiger partial charge in [-0.2, -0.15) is 0 Å².